The number of likely N-dealkylation sites (tertiary alicyclic amines) is 1. The summed E-state index contributed by atoms with van der Waals surface area (Å²) in [5.74, 6) is -0.541. The van der Waals surface area contributed by atoms with Crippen molar-refractivity contribution in [1.82, 2.24) is 10.2 Å². The van der Waals surface area contributed by atoms with E-state index in [1.807, 2.05) is 30.3 Å². The average Bonchev–Trinajstić information content (AvgIpc) is 2.69. The summed E-state index contributed by atoms with van der Waals surface area (Å²) in [7, 11) is 1.44. The molecule has 142 valence electrons. The standard InChI is InChI=1S/C20H22FN3O3/c1-27-18-8-7-14(21)13-17(18)19(25)22-16-9-11-24(12-10-16)20(26)23-15-5-3-2-4-6-15/h2-8,13,16H,9-12H2,1H3,(H,22,25)(H,23,26). The molecule has 0 bridgehead atoms. The van der Waals surface area contributed by atoms with Crippen LogP contribution in [0.3, 0.4) is 0 Å². The number of carbonyl (C=O) groups is 2. The van der Waals surface area contributed by atoms with Gasteiger partial charge in [0.1, 0.15) is 11.6 Å². The second-order valence-corrected chi connectivity index (χ2v) is 6.38. The van der Waals surface area contributed by atoms with Crippen LogP contribution in [0.15, 0.2) is 48.5 Å². The third kappa shape index (κ3) is 4.75. The van der Waals surface area contributed by atoms with E-state index in [1.54, 1.807) is 4.90 Å². The SMILES string of the molecule is COc1ccc(F)cc1C(=O)NC1CCN(C(=O)Nc2ccccc2)CC1. The molecule has 1 fully saturated rings. The Kier molecular flexibility index (Phi) is 5.90. The molecule has 2 aromatic carbocycles. The number of halogens is 1. The Morgan fingerprint density at radius 1 is 1.11 bits per heavy atom. The summed E-state index contributed by atoms with van der Waals surface area (Å²) in [6.07, 6.45) is 1.26. The maximum atomic E-state index is 13.5. The van der Waals surface area contributed by atoms with E-state index in [0.717, 1.165) is 11.8 Å². The highest BCUT2D eigenvalue weighted by molar-refractivity contribution is 5.97. The molecule has 3 amide bonds. The lowest BCUT2D eigenvalue weighted by atomic mass is 10.0. The Morgan fingerprint density at radius 3 is 2.48 bits per heavy atom. The molecule has 0 atom stereocenters. The summed E-state index contributed by atoms with van der Waals surface area (Å²) in [5.41, 5.74) is 0.915. The number of hydrogen-bond donors (Lipinski definition) is 2. The first-order valence-corrected chi connectivity index (χ1v) is 8.82. The number of rotatable bonds is 4. The van der Waals surface area contributed by atoms with Crippen molar-refractivity contribution in [1.29, 1.82) is 0 Å². The molecule has 0 aliphatic carbocycles. The van der Waals surface area contributed by atoms with Crippen LogP contribution in [0.1, 0.15) is 23.2 Å². The Balaban J connectivity index is 1.53. The molecule has 2 aromatic rings. The van der Waals surface area contributed by atoms with E-state index in [1.165, 1.54) is 19.2 Å². The number of anilines is 1. The number of piperidine rings is 1. The van der Waals surface area contributed by atoms with E-state index in [-0.39, 0.29) is 23.5 Å². The summed E-state index contributed by atoms with van der Waals surface area (Å²) < 4.78 is 18.6. The van der Waals surface area contributed by atoms with Crippen LogP contribution in [-0.2, 0) is 0 Å². The normalized spacial score (nSPS) is 14.5. The topological polar surface area (TPSA) is 70.7 Å². The maximum Gasteiger partial charge on any atom is 0.321 e. The van der Waals surface area contributed by atoms with Crippen LogP contribution in [0.5, 0.6) is 5.75 Å². The smallest absolute Gasteiger partial charge is 0.321 e. The summed E-state index contributed by atoms with van der Waals surface area (Å²) in [4.78, 5) is 26.5. The lowest BCUT2D eigenvalue weighted by molar-refractivity contribution is 0.0915. The Labute approximate surface area is 157 Å². The van der Waals surface area contributed by atoms with E-state index < -0.39 is 5.82 Å². The molecule has 1 aliphatic rings. The Hall–Kier alpha value is -3.09. The average molecular weight is 371 g/mol. The van der Waals surface area contributed by atoms with Gasteiger partial charge >= 0.3 is 6.03 Å². The van der Waals surface area contributed by atoms with Crippen LogP contribution in [0, 0.1) is 5.82 Å². The molecular weight excluding hydrogens is 349 g/mol. The number of urea groups is 1. The van der Waals surface area contributed by atoms with Gasteiger partial charge in [-0.1, -0.05) is 18.2 Å². The van der Waals surface area contributed by atoms with Crippen LogP contribution in [0.2, 0.25) is 0 Å². The molecule has 0 aromatic heterocycles. The minimum Gasteiger partial charge on any atom is -0.496 e. The van der Waals surface area contributed by atoms with Crippen molar-refractivity contribution in [3.63, 3.8) is 0 Å². The molecule has 1 heterocycles. The number of ether oxygens (including phenoxy) is 1. The zero-order valence-electron chi connectivity index (χ0n) is 15.1. The van der Waals surface area contributed by atoms with Gasteiger partial charge in [0.15, 0.2) is 0 Å². The molecule has 2 N–H and O–H groups in total. The van der Waals surface area contributed by atoms with Crippen LogP contribution in [0.25, 0.3) is 0 Å². The van der Waals surface area contributed by atoms with Gasteiger partial charge in [0.25, 0.3) is 5.91 Å². The molecule has 1 aliphatic heterocycles. The molecule has 7 heteroatoms. The van der Waals surface area contributed by atoms with Crippen LogP contribution >= 0.6 is 0 Å². The quantitative estimate of drug-likeness (QED) is 0.867. The van der Waals surface area contributed by atoms with Gasteiger partial charge in [-0.15, -0.1) is 0 Å². The second-order valence-electron chi connectivity index (χ2n) is 6.38. The highest BCUT2D eigenvalue weighted by atomic mass is 19.1. The van der Waals surface area contributed by atoms with Crippen molar-refractivity contribution in [2.45, 2.75) is 18.9 Å². The van der Waals surface area contributed by atoms with Gasteiger partial charge in [-0.05, 0) is 43.2 Å². The molecule has 3 rings (SSSR count). The van der Waals surface area contributed by atoms with Crippen molar-refractivity contribution >= 4 is 17.6 Å². The minimum atomic E-state index is -0.492. The molecule has 0 unspecified atom stereocenters. The number of nitrogens with one attached hydrogen (secondary N) is 2. The predicted octanol–water partition coefficient (Wildman–Crippen LogP) is 3.26. The van der Waals surface area contributed by atoms with E-state index in [9.17, 15) is 14.0 Å². The van der Waals surface area contributed by atoms with Crippen molar-refractivity contribution < 1.29 is 18.7 Å². The third-order valence-corrected chi connectivity index (χ3v) is 4.55. The van der Waals surface area contributed by atoms with Crippen LogP contribution in [0.4, 0.5) is 14.9 Å². The van der Waals surface area contributed by atoms with Gasteiger partial charge in [-0.25, -0.2) is 9.18 Å². The van der Waals surface area contributed by atoms with E-state index in [4.69, 9.17) is 4.74 Å². The van der Waals surface area contributed by atoms with Gasteiger partial charge in [0, 0.05) is 24.8 Å². The zero-order chi connectivity index (χ0) is 19.2. The molecule has 0 radical (unpaired) electrons. The fraction of sp³-hybridized carbons (Fsp3) is 0.300. The second kappa shape index (κ2) is 8.53. The Bertz CT molecular complexity index is 805. The fourth-order valence-corrected chi connectivity index (χ4v) is 3.07. The maximum absolute atomic E-state index is 13.5. The molecule has 6 nitrogen and oxygen atoms in total. The number of hydrogen-bond acceptors (Lipinski definition) is 3. The number of para-hydroxylation sites is 1. The number of carbonyl (C=O) groups excluding carboxylic acids is 2. The summed E-state index contributed by atoms with van der Waals surface area (Å²) in [6, 6.07) is 12.9. The van der Waals surface area contributed by atoms with Crippen molar-refractivity contribution in [2.75, 3.05) is 25.5 Å². The highest BCUT2D eigenvalue weighted by Gasteiger charge is 2.25. The molecule has 1 saturated heterocycles. The first-order chi connectivity index (χ1) is 13.1. The van der Waals surface area contributed by atoms with Gasteiger partial charge in [-0.2, -0.15) is 0 Å². The van der Waals surface area contributed by atoms with Crippen molar-refractivity contribution in [2.24, 2.45) is 0 Å². The molecular formula is C20H22FN3O3. The van der Waals surface area contributed by atoms with E-state index in [2.05, 4.69) is 10.6 Å². The first-order valence-electron chi connectivity index (χ1n) is 8.82. The molecule has 27 heavy (non-hydrogen) atoms. The Morgan fingerprint density at radius 2 is 1.81 bits per heavy atom. The number of benzene rings is 2. The molecule has 0 saturated carbocycles. The number of methoxy groups -OCH3 is 1. The van der Waals surface area contributed by atoms with Crippen molar-refractivity contribution in [3.8, 4) is 5.75 Å². The highest BCUT2D eigenvalue weighted by Crippen LogP contribution is 2.20. The van der Waals surface area contributed by atoms with Crippen LogP contribution in [-0.4, -0.2) is 43.1 Å². The zero-order valence-corrected chi connectivity index (χ0v) is 15.1. The molecule has 0 spiro atoms. The fourth-order valence-electron chi connectivity index (χ4n) is 3.07. The summed E-state index contributed by atoms with van der Waals surface area (Å²) >= 11 is 0. The van der Waals surface area contributed by atoms with E-state index >= 15 is 0 Å². The van der Waals surface area contributed by atoms with Gasteiger partial charge in [-0.3, -0.25) is 4.79 Å². The number of amides is 3. The predicted molar refractivity (Wildman–Crippen MR) is 100 cm³/mol. The lowest BCUT2D eigenvalue weighted by Crippen LogP contribution is -2.47. The number of nitrogens with zero attached hydrogens (tertiary/aromatic N) is 1. The van der Waals surface area contributed by atoms with Crippen LogP contribution < -0.4 is 15.4 Å². The van der Waals surface area contributed by atoms with Gasteiger partial charge in [0.2, 0.25) is 0 Å². The lowest BCUT2D eigenvalue weighted by Gasteiger charge is -2.32. The monoisotopic (exact) mass is 371 g/mol. The van der Waals surface area contributed by atoms with E-state index in [0.29, 0.717) is 31.7 Å². The third-order valence-electron chi connectivity index (χ3n) is 4.55. The van der Waals surface area contributed by atoms with Crippen molar-refractivity contribution in [3.05, 3.63) is 59.9 Å². The summed E-state index contributed by atoms with van der Waals surface area (Å²) in [6.45, 7) is 1.06. The van der Waals surface area contributed by atoms with Gasteiger partial charge in [0.05, 0.1) is 12.7 Å². The largest absolute Gasteiger partial charge is 0.496 e. The minimum absolute atomic E-state index is 0.0775. The van der Waals surface area contributed by atoms with Gasteiger partial charge < -0.3 is 20.3 Å². The first kappa shape index (κ1) is 18.7. The summed E-state index contributed by atoms with van der Waals surface area (Å²) in [5, 5.41) is 5.76.